The number of fused-ring (bicyclic) bond motifs is 1. The zero-order valence-electron chi connectivity index (χ0n) is 21.2. The van der Waals surface area contributed by atoms with Gasteiger partial charge in [0.05, 0.1) is 28.1 Å². The first kappa shape index (κ1) is 24.5. The molecule has 5 aromatic rings. The number of allylic oxidation sites excluding steroid dienone is 1. The highest BCUT2D eigenvalue weighted by Crippen LogP contribution is 2.33. The van der Waals surface area contributed by atoms with Crippen LogP contribution in [0.2, 0.25) is 0 Å². The van der Waals surface area contributed by atoms with E-state index in [1.54, 1.807) is 0 Å². The Morgan fingerprint density at radius 2 is 1.86 bits per heavy atom. The molecule has 0 N–H and O–H groups in total. The molecule has 0 radical (unpaired) electrons. The second-order valence-corrected chi connectivity index (χ2v) is 10.4. The molecule has 0 amide bonds. The molecule has 6 heteroatoms. The summed E-state index contributed by atoms with van der Waals surface area (Å²) in [5, 5.41) is 15.7. The third-order valence-electron chi connectivity index (χ3n) is 6.11. The van der Waals surface area contributed by atoms with Crippen LogP contribution in [0.3, 0.4) is 0 Å². The van der Waals surface area contributed by atoms with Crippen molar-refractivity contribution in [1.82, 2.24) is 14.8 Å². The van der Waals surface area contributed by atoms with Gasteiger partial charge in [0.1, 0.15) is 22.5 Å². The predicted molar refractivity (Wildman–Crippen MR) is 152 cm³/mol. The van der Waals surface area contributed by atoms with E-state index in [2.05, 4.69) is 32.9 Å². The van der Waals surface area contributed by atoms with Gasteiger partial charge in [-0.1, -0.05) is 44.2 Å². The molecule has 5 rings (SSSR count). The summed E-state index contributed by atoms with van der Waals surface area (Å²) >= 11 is 1.52. The number of nitrogens with zero attached hydrogens (tertiary/aromatic N) is 4. The highest BCUT2D eigenvalue weighted by molar-refractivity contribution is 7.19. The van der Waals surface area contributed by atoms with Crippen molar-refractivity contribution in [2.75, 3.05) is 6.61 Å². The lowest BCUT2D eigenvalue weighted by Crippen LogP contribution is -2.02. The summed E-state index contributed by atoms with van der Waals surface area (Å²) in [6, 6.07) is 26.4. The number of aromatic nitrogens is 3. The molecule has 5 nitrogen and oxygen atoms in total. The van der Waals surface area contributed by atoms with Gasteiger partial charge in [0.25, 0.3) is 0 Å². The lowest BCUT2D eigenvalue weighted by Gasteiger charge is -2.11. The Kier molecular flexibility index (Phi) is 7.16. The van der Waals surface area contributed by atoms with Crippen LogP contribution in [0.1, 0.15) is 36.4 Å². The lowest BCUT2D eigenvalue weighted by molar-refractivity contribution is 0.288. The van der Waals surface area contributed by atoms with Crippen LogP contribution in [0.4, 0.5) is 0 Å². The number of benzene rings is 3. The number of nitriles is 1. The number of aryl methyl sites for hydroxylation is 1. The largest absolute Gasteiger partial charge is 0.493 e. The number of para-hydroxylation sites is 2. The standard InChI is InChI=1S/C31H28N4OS/c1-21(2)15-16-36-28-14-13-23(17-22(28)3)30-25(20-35(34-30)26-9-5-4-6-10-26)18-24(19-32)31-33-27-11-7-8-12-29(27)37-31/h4-14,17-18,20-21H,15-16H2,1-3H3/b24-18+. The summed E-state index contributed by atoms with van der Waals surface area (Å²) in [7, 11) is 0. The zero-order valence-corrected chi connectivity index (χ0v) is 22.0. The van der Waals surface area contributed by atoms with Crippen molar-refractivity contribution in [2.45, 2.75) is 27.2 Å². The van der Waals surface area contributed by atoms with Crippen LogP contribution >= 0.6 is 11.3 Å². The quantitative estimate of drug-likeness (QED) is 0.201. The van der Waals surface area contributed by atoms with Gasteiger partial charge in [0.2, 0.25) is 0 Å². The normalized spacial score (nSPS) is 11.7. The Labute approximate surface area is 221 Å². The maximum atomic E-state index is 10.1. The number of rotatable bonds is 8. The Hall–Kier alpha value is -4.21. The van der Waals surface area contributed by atoms with Gasteiger partial charge in [-0.2, -0.15) is 10.4 Å². The number of thiazole rings is 1. The van der Waals surface area contributed by atoms with E-state index in [0.29, 0.717) is 23.1 Å². The molecular formula is C31H28N4OS. The minimum atomic E-state index is 0.514. The molecule has 2 aromatic heterocycles. The molecule has 0 spiro atoms. The van der Waals surface area contributed by atoms with Gasteiger partial charge in [-0.15, -0.1) is 11.3 Å². The molecule has 0 aliphatic heterocycles. The van der Waals surface area contributed by atoms with Crippen LogP contribution in [0.15, 0.2) is 79.0 Å². The number of hydrogen-bond donors (Lipinski definition) is 0. The summed E-state index contributed by atoms with van der Waals surface area (Å²) < 4.78 is 8.94. The van der Waals surface area contributed by atoms with Crippen LogP contribution in [0.25, 0.3) is 38.8 Å². The SMILES string of the molecule is Cc1cc(-c2nn(-c3ccccc3)cc2/C=C(\C#N)c2nc3ccccc3s2)ccc1OCCC(C)C. The third-order valence-corrected chi connectivity index (χ3v) is 7.18. The monoisotopic (exact) mass is 504 g/mol. The lowest BCUT2D eigenvalue weighted by atomic mass is 10.0. The van der Waals surface area contributed by atoms with Crippen molar-refractivity contribution in [3.63, 3.8) is 0 Å². The summed E-state index contributed by atoms with van der Waals surface area (Å²) in [4.78, 5) is 4.70. The van der Waals surface area contributed by atoms with Crippen molar-refractivity contribution >= 4 is 33.2 Å². The molecule has 0 aliphatic carbocycles. The molecule has 184 valence electrons. The Balaban J connectivity index is 1.57. The molecule has 0 aliphatic rings. The summed E-state index contributed by atoms with van der Waals surface area (Å²) in [6.45, 7) is 7.14. The fraction of sp³-hybridized carbons (Fsp3) is 0.194. The molecular weight excluding hydrogens is 476 g/mol. The van der Waals surface area contributed by atoms with Crippen molar-refractivity contribution < 1.29 is 4.74 Å². The van der Waals surface area contributed by atoms with E-state index in [4.69, 9.17) is 14.8 Å². The van der Waals surface area contributed by atoms with Gasteiger partial charge in [-0.3, -0.25) is 0 Å². The number of hydrogen-bond acceptors (Lipinski definition) is 5. The molecule has 0 unspecified atom stereocenters. The first-order valence-electron chi connectivity index (χ1n) is 12.4. The fourth-order valence-corrected chi connectivity index (χ4v) is 5.01. The van der Waals surface area contributed by atoms with Crippen LogP contribution in [0.5, 0.6) is 5.75 Å². The molecule has 2 heterocycles. The van der Waals surface area contributed by atoms with Gasteiger partial charge >= 0.3 is 0 Å². The fourth-order valence-electron chi connectivity index (χ4n) is 4.08. The van der Waals surface area contributed by atoms with Crippen LogP contribution in [0, 0.1) is 24.2 Å². The van der Waals surface area contributed by atoms with E-state index in [1.165, 1.54) is 11.3 Å². The van der Waals surface area contributed by atoms with Gasteiger partial charge in [0, 0.05) is 17.3 Å². The summed E-state index contributed by atoms with van der Waals surface area (Å²) in [6.07, 6.45) is 4.87. The van der Waals surface area contributed by atoms with Crippen LogP contribution in [-0.4, -0.2) is 21.4 Å². The molecule has 0 fully saturated rings. The highest BCUT2D eigenvalue weighted by atomic mass is 32.1. The highest BCUT2D eigenvalue weighted by Gasteiger charge is 2.16. The van der Waals surface area contributed by atoms with Crippen LogP contribution in [-0.2, 0) is 0 Å². The Morgan fingerprint density at radius 3 is 2.59 bits per heavy atom. The topological polar surface area (TPSA) is 63.7 Å². The third kappa shape index (κ3) is 5.47. The van der Waals surface area contributed by atoms with Crippen molar-refractivity contribution in [3.05, 3.63) is 95.1 Å². The van der Waals surface area contributed by atoms with Gasteiger partial charge in [0.15, 0.2) is 0 Å². The molecule has 37 heavy (non-hydrogen) atoms. The first-order valence-corrected chi connectivity index (χ1v) is 13.2. The van der Waals surface area contributed by atoms with Gasteiger partial charge in [-0.05, 0) is 73.4 Å². The van der Waals surface area contributed by atoms with E-state index < -0.39 is 0 Å². The van der Waals surface area contributed by atoms with E-state index in [9.17, 15) is 5.26 Å². The Bertz CT molecular complexity index is 1570. The van der Waals surface area contributed by atoms with E-state index in [-0.39, 0.29) is 0 Å². The summed E-state index contributed by atoms with van der Waals surface area (Å²) in [5.74, 6) is 1.48. The molecule has 0 bridgehead atoms. The average molecular weight is 505 g/mol. The van der Waals surface area contributed by atoms with E-state index in [0.717, 1.165) is 50.5 Å². The van der Waals surface area contributed by atoms with Gasteiger partial charge in [-0.25, -0.2) is 9.67 Å². The number of ether oxygens (including phenoxy) is 1. The van der Waals surface area contributed by atoms with Crippen molar-refractivity contribution in [3.8, 4) is 28.8 Å². The van der Waals surface area contributed by atoms with E-state index >= 15 is 0 Å². The first-order chi connectivity index (χ1) is 18.0. The van der Waals surface area contributed by atoms with Crippen molar-refractivity contribution in [1.29, 1.82) is 5.26 Å². The minimum Gasteiger partial charge on any atom is -0.493 e. The maximum absolute atomic E-state index is 10.1. The smallest absolute Gasteiger partial charge is 0.135 e. The zero-order chi connectivity index (χ0) is 25.8. The minimum absolute atomic E-state index is 0.514. The second kappa shape index (κ2) is 10.8. The second-order valence-electron chi connectivity index (χ2n) is 9.38. The average Bonchev–Trinajstić information content (AvgIpc) is 3.53. The van der Waals surface area contributed by atoms with Crippen molar-refractivity contribution in [2.24, 2.45) is 5.92 Å². The predicted octanol–water partition coefficient (Wildman–Crippen LogP) is 7.95. The van der Waals surface area contributed by atoms with Gasteiger partial charge < -0.3 is 4.74 Å². The molecule has 3 aromatic carbocycles. The summed E-state index contributed by atoms with van der Waals surface area (Å²) in [5.41, 5.74) is 6.04. The molecule has 0 saturated carbocycles. The Morgan fingerprint density at radius 1 is 1.08 bits per heavy atom. The maximum Gasteiger partial charge on any atom is 0.135 e. The van der Waals surface area contributed by atoms with E-state index in [1.807, 2.05) is 83.7 Å². The molecule has 0 saturated heterocycles. The van der Waals surface area contributed by atoms with Crippen LogP contribution < -0.4 is 4.74 Å². The molecule has 0 atom stereocenters.